The summed E-state index contributed by atoms with van der Waals surface area (Å²) in [4.78, 5) is 17.7. The number of hydrogen-bond donors (Lipinski definition) is 0. The number of rotatable bonds is 6. The van der Waals surface area contributed by atoms with Gasteiger partial charge in [-0.1, -0.05) is 36.2 Å². The lowest BCUT2D eigenvalue weighted by Crippen LogP contribution is -2.45. The molecule has 33 heavy (non-hydrogen) atoms. The number of carbonyl (C=O) groups excluding carboxylic acids is 1. The van der Waals surface area contributed by atoms with Crippen LogP contribution in [0.3, 0.4) is 0 Å². The van der Waals surface area contributed by atoms with Gasteiger partial charge in [0.05, 0.1) is 18.6 Å². The zero-order chi connectivity index (χ0) is 23.6. The van der Waals surface area contributed by atoms with Crippen molar-refractivity contribution in [3.8, 4) is 5.75 Å². The van der Waals surface area contributed by atoms with Crippen molar-refractivity contribution in [2.45, 2.75) is 50.2 Å². The molecule has 2 heterocycles. The predicted octanol–water partition coefficient (Wildman–Crippen LogP) is 3.41. The zero-order valence-corrected chi connectivity index (χ0v) is 20.4. The van der Waals surface area contributed by atoms with Gasteiger partial charge in [0.25, 0.3) is 0 Å². The molecule has 2 aromatic rings. The summed E-state index contributed by atoms with van der Waals surface area (Å²) in [5.41, 5.74) is 1.75. The van der Waals surface area contributed by atoms with Crippen LogP contribution in [0.15, 0.2) is 53.4 Å². The fourth-order valence-electron chi connectivity index (χ4n) is 4.78. The van der Waals surface area contributed by atoms with E-state index in [2.05, 4.69) is 4.90 Å². The molecule has 7 nitrogen and oxygen atoms in total. The Morgan fingerprint density at radius 3 is 2.24 bits per heavy atom. The van der Waals surface area contributed by atoms with Crippen LogP contribution in [-0.2, 0) is 14.8 Å². The molecule has 0 spiro atoms. The Balaban J connectivity index is 1.70. The van der Waals surface area contributed by atoms with Crippen molar-refractivity contribution in [3.05, 3.63) is 59.7 Å². The van der Waals surface area contributed by atoms with Gasteiger partial charge in [-0.3, -0.25) is 9.69 Å². The van der Waals surface area contributed by atoms with Gasteiger partial charge < -0.3 is 9.64 Å². The van der Waals surface area contributed by atoms with Gasteiger partial charge in [0.2, 0.25) is 15.9 Å². The first-order chi connectivity index (χ1) is 15.8. The molecule has 2 atom stereocenters. The Hall–Kier alpha value is -2.42. The first-order valence-electron chi connectivity index (χ1n) is 11.6. The largest absolute Gasteiger partial charge is 0.497 e. The Bertz CT molecular complexity index is 1060. The number of methoxy groups -OCH3 is 1. The molecule has 2 fully saturated rings. The van der Waals surface area contributed by atoms with Crippen LogP contribution in [-0.4, -0.2) is 67.8 Å². The van der Waals surface area contributed by atoms with Crippen molar-refractivity contribution in [2.24, 2.45) is 0 Å². The Kier molecular flexibility index (Phi) is 7.07. The minimum Gasteiger partial charge on any atom is -0.497 e. The Morgan fingerprint density at radius 2 is 1.64 bits per heavy atom. The molecule has 8 heteroatoms. The quantitative estimate of drug-likeness (QED) is 0.646. The molecular weight excluding hydrogens is 438 g/mol. The van der Waals surface area contributed by atoms with Gasteiger partial charge in [0, 0.05) is 12.6 Å². The predicted molar refractivity (Wildman–Crippen MR) is 127 cm³/mol. The molecule has 0 radical (unpaired) electrons. The number of aryl methyl sites for hydroxylation is 1. The maximum absolute atomic E-state index is 13.7. The van der Waals surface area contributed by atoms with Gasteiger partial charge in [0.15, 0.2) is 0 Å². The van der Waals surface area contributed by atoms with Gasteiger partial charge in [-0.25, -0.2) is 8.42 Å². The van der Waals surface area contributed by atoms with E-state index in [-0.39, 0.29) is 23.4 Å². The van der Waals surface area contributed by atoms with Crippen LogP contribution in [0, 0.1) is 6.92 Å². The molecule has 178 valence electrons. The van der Waals surface area contributed by atoms with E-state index in [1.807, 2.05) is 38.1 Å². The van der Waals surface area contributed by atoms with Crippen molar-refractivity contribution < 1.29 is 17.9 Å². The number of amides is 1. The summed E-state index contributed by atoms with van der Waals surface area (Å²) in [7, 11) is -2.21. The topological polar surface area (TPSA) is 70.2 Å². The monoisotopic (exact) mass is 471 g/mol. The Labute approximate surface area is 197 Å². The third kappa shape index (κ3) is 4.93. The molecule has 1 amide bonds. The SMILES string of the molecule is COc1ccc([C@H]2N(C(=O)CN3CCCCC3)[C@H](C)CN2S(=O)(=O)c2ccc(C)cc2)cc1. The number of benzene rings is 2. The molecule has 0 aliphatic carbocycles. The van der Waals surface area contributed by atoms with Crippen LogP contribution >= 0.6 is 0 Å². The van der Waals surface area contributed by atoms with E-state index in [0.717, 1.165) is 37.1 Å². The van der Waals surface area contributed by atoms with Crippen molar-refractivity contribution in [2.75, 3.05) is 33.3 Å². The summed E-state index contributed by atoms with van der Waals surface area (Å²) in [6, 6.07) is 13.9. The zero-order valence-electron chi connectivity index (χ0n) is 19.6. The van der Waals surface area contributed by atoms with Crippen molar-refractivity contribution in [1.82, 2.24) is 14.1 Å². The molecule has 0 bridgehead atoms. The van der Waals surface area contributed by atoms with Crippen molar-refractivity contribution in [3.63, 3.8) is 0 Å². The molecule has 0 unspecified atom stereocenters. The molecular formula is C25H33N3O4S. The molecule has 2 saturated heterocycles. The summed E-state index contributed by atoms with van der Waals surface area (Å²) in [5, 5.41) is 0. The number of sulfonamides is 1. The highest BCUT2D eigenvalue weighted by Gasteiger charge is 2.47. The fourth-order valence-corrected chi connectivity index (χ4v) is 6.43. The third-order valence-electron chi connectivity index (χ3n) is 6.59. The second-order valence-corrected chi connectivity index (χ2v) is 10.9. The van der Waals surface area contributed by atoms with Crippen LogP contribution in [0.25, 0.3) is 0 Å². The van der Waals surface area contributed by atoms with Crippen LogP contribution in [0.5, 0.6) is 5.75 Å². The maximum Gasteiger partial charge on any atom is 0.245 e. The second-order valence-electron chi connectivity index (χ2n) is 9.02. The van der Waals surface area contributed by atoms with Gasteiger partial charge in [-0.2, -0.15) is 4.31 Å². The number of carbonyl (C=O) groups is 1. The van der Waals surface area contributed by atoms with E-state index < -0.39 is 16.2 Å². The highest BCUT2D eigenvalue weighted by atomic mass is 32.2. The fraction of sp³-hybridized carbons (Fsp3) is 0.480. The minimum absolute atomic E-state index is 0.0353. The van der Waals surface area contributed by atoms with Gasteiger partial charge >= 0.3 is 0 Å². The van der Waals surface area contributed by atoms with Crippen molar-refractivity contribution >= 4 is 15.9 Å². The smallest absolute Gasteiger partial charge is 0.245 e. The molecule has 2 aliphatic heterocycles. The number of nitrogens with zero attached hydrogens (tertiary/aromatic N) is 3. The number of piperidine rings is 1. The summed E-state index contributed by atoms with van der Waals surface area (Å²) in [6.45, 7) is 6.23. The lowest BCUT2D eigenvalue weighted by atomic mass is 10.1. The van der Waals surface area contributed by atoms with Gasteiger partial charge in [-0.15, -0.1) is 0 Å². The number of ether oxygens (including phenoxy) is 1. The average molecular weight is 472 g/mol. The third-order valence-corrected chi connectivity index (χ3v) is 8.43. The molecule has 4 rings (SSSR count). The summed E-state index contributed by atoms with van der Waals surface area (Å²) < 4.78 is 34.2. The first kappa shape index (κ1) is 23.7. The number of hydrogen-bond acceptors (Lipinski definition) is 5. The van der Waals surface area contributed by atoms with Crippen LogP contribution in [0.2, 0.25) is 0 Å². The van der Waals surface area contributed by atoms with E-state index >= 15 is 0 Å². The minimum atomic E-state index is -3.81. The summed E-state index contributed by atoms with van der Waals surface area (Å²) in [6.07, 6.45) is 2.69. The van der Waals surface area contributed by atoms with E-state index in [4.69, 9.17) is 4.74 Å². The maximum atomic E-state index is 13.7. The van der Waals surface area contributed by atoms with Crippen LogP contribution in [0.4, 0.5) is 0 Å². The molecule has 2 aromatic carbocycles. The normalized spacial score (nSPS) is 22.5. The second kappa shape index (κ2) is 9.83. The van der Waals surface area contributed by atoms with E-state index in [9.17, 15) is 13.2 Å². The highest BCUT2D eigenvalue weighted by molar-refractivity contribution is 7.89. The van der Waals surface area contributed by atoms with Gasteiger partial charge in [-0.05, 0) is 69.6 Å². The first-order valence-corrected chi connectivity index (χ1v) is 13.0. The molecule has 0 N–H and O–H groups in total. The molecule has 2 aliphatic rings. The molecule has 0 saturated carbocycles. The van der Waals surface area contributed by atoms with E-state index in [0.29, 0.717) is 12.3 Å². The Morgan fingerprint density at radius 1 is 1.00 bits per heavy atom. The number of likely N-dealkylation sites (tertiary alicyclic amines) is 1. The lowest BCUT2D eigenvalue weighted by molar-refractivity contribution is -0.136. The summed E-state index contributed by atoms with van der Waals surface area (Å²) >= 11 is 0. The van der Waals surface area contributed by atoms with E-state index in [1.54, 1.807) is 36.3 Å². The van der Waals surface area contributed by atoms with Crippen molar-refractivity contribution in [1.29, 1.82) is 0 Å². The standard InChI is InChI=1S/C25H33N3O4S/c1-19-7-13-23(14-8-19)33(30,31)27-17-20(2)28(24(29)18-26-15-5-4-6-16-26)25(27)21-9-11-22(32-3)12-10-21/h7-14,20,25H,4-6,15-18H2,1-3H3/t20-,25-/m1/s1. The van der Waals surface area contributed by atoms with Crippen LogP contribution < -0.4 is 4.74 Å². The molecule has 0 aromatic heterocycles. The van der Waals surface area contributed by atoms with Gasteiger partial charge in [0.1, 0.15) is 11.9 Å². The average Bonchev–Trinajstić information content (AvgIpc) is 3.18. The van der Waals surface area contributed by atoms with Crippen LogP contribution in [0.1, 0.15) is 43.5 Å². The highest BCUT2D eigenvalue weighted by Crippen LogP contribution is 2.38. The van der Waals surface area contributed by atoms with E-state index in [1.165, 1.54) is 10.7 Å². The lowest BCUT2D eigenvalue weighted by Gasteiger charge is -2.34. The summed E-state index contributed by atoms with van der Waals surface area (Å²) in [5.74, 6) is 0.649.